The summed E-state index contributed by atoms with van der Waals surface area (Å²) in [5.41, 5.74) is 2.46. The predicted octanol–water partition coefficient (Wildman–Crippen LogP) is 1.77. The number of nitrogens with zero attached hydrogens (tertiary/aromatic N) is 3. The van der Waals surface area contributed by atoms with Crippen LogP contribution in [-0.2, 0) is 6.54 Å². The first-order valence-electron chi connectivity index (χ1n) is 7.67. The van der Waals surface area contributed by atoms with Crippen molar-refractivity contribution in [3.63, 3.8) is 0 Å². The van der Waals surface area contributed by atoms with Gasteiger partial charge in [0.05, 0.1) is 11.9 Å². The van der Waals surface area contributed by atoms with Crippen LogP contribution in [0, 0.1) is 0 Å². The zero-order valence-corrected chi connectivity index (χ0v) is 13.6. The Kier molecular flexibility index (Phi) is 6.50. The molecule has 2 aromatic heterocycles. The molecule has 0 atom stereocenters. The lowest BCUT2D eigenvalue weighted by atomic mass is 10.2. The average Bonchev–Trinajstić information content (AvgIpc) is 2.58. The summed E-state index contributed by atoms with van der Waals surface area (Å²) in [7, 11) is 4.03. The highest BCUT2D eigenvalue weighted by Gasteiger charge is 2.06. The number of pyridine rings is 2. The second-order valence-corrected chi connectivity index (χ2v) is 5.55. The topological polar surface area (TPSA) is 70.2 Å². The molecular formula is C17H23N5O. The van der Waals surface area contributed by atoms with Crippen LogP contribution in [0.1, 0.15) is 22.5 Å². The van der Waals surface area contributed by atoms with E-state index in [1.165, 1.54) is 0 Å². The summed E-state index contributed by atoms with van der Waals surface area (Å²) in [6, 6.07) is 7.50. The first-order chi connectivity index (χ1) is 11.1. The van der Waals surface area contributed by atoms with Crippen LogP contribution in [0.25, 0.3) is 0 Å². The van der Waals surface area contributed by atoms with Gasteiger partial charge in [-0.1, -0.05) is 0 Å². The van der Waals surface area contributed by atoms with E-state index in [-0.39, 0.29) is 5.91 Å². The number of amides is 1. The molecule has 2 N–H and O–H groups in total. The number of carbonyl (C=O) groups excluding carboxylic acids is 1. The minimum Gasteiger partial charge on any atom is -0.380 e. The Morgan fingerprint density at radius 2 is 1.96 bits per heavy atom. The summed E-state index contributed by atoms with van der Waals surface area (Å²) in [5.74, 6) is -0.135. The van der Waals surface area contributed by atoms with Crippen molar-refractivity contribution in [3.8, 4) is 0 Å². The van der Waals surface area contributed by atoms with E-state index < -0.39 is 0 Å². The molecule has 0 saturated carbocycles. The van der Waals surface area contributed by atoms with Crippen LogP contribution in [0.5, 0.6) is 0 Å². The van der Waals surface area contributed by atoms with Gasteiger partial charge in [-0.3, -0.25) is 9.78 Å². The molecule has 0 saturated heterocycles. The molecule has 6 heteroatoms. The van der Waals surface area contributed by atoms with Crippen molar-refractivity contribution in [1.82, 2.24) is 20.2 Å². The first kappa shape index (κ1) is 16.9. The summed E-state index contributed by atoms with van der Waals surface area (Å²) in [4.78, 5) is 22.2. The van der Waals surface area contributed by atoms with E-state index in [1.54, 1.807) is 24.7 Å². The fourth-order valence-corrected chi connectivity index (χ4v) is 2.03. The van der Waals surface area contributed by atoms with Gasteiger partial charge in [0.2, 0.25) is 0 Å². The minimum absolute atomic E-state index is 0.135. The van der Waals surface area contributed by atoms with Crippen LogP contribution in [0.3, 0.4) is 0 Å². The summed E-state index contributed by atoms with van der Waals surface area (Å²) in [6.07, 6.45) is 6.12. The highest BCUT2D eigenvalue weighted by molar-refractivity contribution is 5.92. The molecule has 0 spiro atoms. The SMILES string of the molecule is CN(C)CCCNC(=O)c1ccc(NCc2ccncc2)cn1. The van der Waals surface area contributed by atoms with Gasteiger partial charge >= 0.3 is 0 Å². The van der Waals surface area contributed by atoms with Crippen LogP contribution >= 0.6 is 0 Å². The predicted molar refractivity (Wildman–Crippen MR) is 91.3 cm³/mol. The van der Waals surface area contributed by atoms with E-state index in [1.807, 2.05) is 32.3 Å². The highest BCUT2D eigenvalue weighted by atomic mass is 16.1. The van der Waals surface area contributed by atoms with Crippen LogP contribution in [0.4, 0.5) is 5.69 Å². The van der Waals surface area contributed by atoms with Crippen molar-refractivity contribution in [3.05, 3.63) is 54.1 Å². The smallest absolute Gasteiger partial charge is 0.269 e. The molecule has 0 radical (unpaired) electrons. The quantitative estimate of drug-likeness (QED) is 0.727. The van der Waals surface area contributed by atoms with Crippen molar-refractivity contribution < 1.29 is 4.79 Å². The van der Waals surface area contributed by atoms with E-state index in [2.05, 4.69) is 25.5 Å². The zero-order valence-electron chi connectivity index (χ0n) is 13.6. The number of hydrogen-bond acceptors (Lipinski definition) is 5. The van der Waals surface area contributed by atoms with Crippen LogP contribution < -0.4 is 10.6 Å². The normalized spacial score (nSPS) is 10.6. The van der Waals surface area contributed by atoms with Gasteiger partial charge in [-0.2, -0.15) is 0 Å². The molecule has 1 amide bonds. The van der Waals surface area contributed by atoms with Gasteiger partial charge in [0.25, 0.3) is 5.91 Å². The molecule has 0 aromatic carbocycles. The third-order valence-electron chi connectivity index (χ3n) is 3.31. The lowest BCUT2D eigenvalue weighted by molar-refractivity contribution is 0.0947. The number of hydrogen-bond donors (Lipinski definition) is 2. The molecule has 0 unspecified atom stereocenters. The van der Waals surface area contributed by atoms with Gasteiger partial charge < -0.3 is 15.5 Å². The first-order valence-corrected chi connectivity index (χ1v) is 7.67. The Hall–Kier alpha value is -2.47. The van der Waals surface area contributed by atoms with E-state index in [0.29, 0.717) is 18.8 Å². The number of anilines is 1. The molecule has 2 rings (SSSR count). The summed E-state index contributed by atoms with van der Waals surface area (Å²) >= 11 is 0. The summed E-state index contributed by atoms with van der Waals surface area (Å²) in [6.45, 7) is 2.30. The highest BCUT2D eigenvalue weighted by Crippen LogP contribution is 2.08. The van der Waals surface area contributed by atoms with Crippen LogP contribution in [-0.4, -0.2) is 48.0 Å². The van der Waals surface area contributed by atoms with Crippen molar-refractivity contribution >= 4 is 11.6 Å². The number of carbonyl (C=O) groups is 1. The monoisotopic (exact) mass is 313 g/mol. The van der Waals surface area contributed by atoms with Crippen molar-refractivity contribution in [2.24, 2.45) is 0 Å². The maximum atomic E-state index is 12.0. The van der Waals surface area contributed by atoms with Gasteiger partial charge in [-0.25, -0.2) is 4.98 Å². The maximum Gasteiger partial charge on any atom is 0.269 e. The molecule has 0 aliphatic carbocycles. The summed E-state index contributed by atoms with van der Waals surface area (Å²) in [5, 5.41) is 6.14. The lowest BCUT2D eigenvalue weighted by Gasteiger charge is -2.10. The van der Waals surface area contributed by atoms with E-state index >= 15 is 0 Å². The Morgan fingerprint density at radius 1 is 1.17 bits per heavy atom. The standard InChI is InChI=1S/C17H23N5O/c1-22(2)11-3-8-19-17(23)16-5-4-15(13-21-16)20-12-14-6-9-18-10-7-14/h4-7,9-10,13,20H,3,8,11-12H2,1-2H3,(H,19,23). The zero-order chi connectivity index (χ0) is 16.5. The average molecular weight is 313 g/mol. The molecule has 0 bridgehead atoms. The van der Waals surface area contributed by atoms with Crippen molar-refractivity contribution in [2.75, 3.05) is 32.5 Å². The van der Waals surface area contributed by atoms with E-state index in [9.17, 15) is 4.79 Å². The molecule has 0 aliphatic heterocycles. The molecule has 122 valence electrons. The molecule has 0 fully saturated rings. The Bertz CT molecular complexity index is 598. The number of nitrogens with one attached hydrogen (secondary N) is 2. The van der Waals surface area contributed by atoms with Crippen molar-refractivity contribution in [1.29, 1.82) is 0 Å². The second kappa shape index (κ2) is 8.85. The fourth-order valence-electron chi connectivity index (χ4n) is 2.03. The molecule has 23 heavy (non-hydrogen) atoms. The van der Waals surface area contributed by atoms with E-state index in [4.69, 9.17) is 0 Å². The lowest BCUT2D eigenvalue weighted by Crippen LogP contribution is -2.27. The molecule has 2 aromatic rings. The van der Waals surface area contributed by atoms with Crippen LogP contribution in [0.2, 0.25) is 0 Å². The summed E-state index contributed by atoms with van der Waals surface area (Å²) < 4.78 is 0. The Labute approximate surface area is 137 Å². The number of aromatic nitrogens is 2. The third-order valence-corrected chi connectivity index (χ3v) is 3.31. The second-order valence-electron chi connectivity index (χ2n) is 5.55. The minimum atomic E-state index is -0.135. The molecule has 0 aliphatic rings. The van der Waals surface area contributed by atoms with Gasteiger partial charge in [-0.15, -0.1) is 0 Å². The molecule has 2 heterocycles. The maximum absolute atomic E-state index is 12.0. The van der Waals surface area contributed by atoms with Crippen molar-refractivity contribution in [2.45, 2.75) is 13.0 Å². The van der Waals surface area contributed by atoms with Gasteiger partial charge in [-0.05, 0) is 56.9 Å². The van der Waals surface area contributed by atoms with Gasteiger partial charge in [0.15, 0.2) is 0 Å². The van der Waals surface area contributed by atoms with Crippen LogP contribution in [0.15, 0.2) is 42.9 Å². The Balaban J connectivity index is 1.78. The van der Waals surface area contributed by atoms with E-state index in [0.717, 1.165) is 24.2 Å². The largest absolute Gasteiger partial charge is 0.380 e. The molecule has 6 nitrogen and oxygen atoms in total. The Morgan fingerprint density at radius 3 is 2.61 bits per heavy atom. The molecular weight excluding hydrogens is 290 g/mol. The van der Waals surface area contributed by atoms with Gasteiger partial charge in [0.1, 0.15) is 5.69 Å². The fraction of sp³-hybridized carbons (Fsp3) is 0.353. The number of rotatable bonds is 8. The van der Waals surface area contributed by atoms with Gasteiger partial charge in [0, 0.05) is 25.5 Å². The third kappa shape index (κ3) is 6.04.